The minimum Gasteiger partial charge on any atom is -0.491 e. The van der Waals surface area contributed by atoms with Crippen LogP contribution < -0.4 is 4.74 Å². The summed E-state index contributed by atoms with van der Waals surface area (Å²) in [6, 6.07) is 8.36. The predicted molar refractivity (Wildman–Crippen MR) is 112 cm³/mol. The molecular weight excluding hydrogens is 374 g/mol. The third kappa shape index (κ3) is 10.3. The standard InChI is InChI=1S/C20H33NO2.C2H2O4/c1-4-18(3)19-7-5-6-8-20(19)23-16-15-22-14-13-21-11-9-17(2)10-12-21;3-1(4)2(5)6/h5-8,17-18H,4,9-16H2,1-3H3;(H,3,4)(H,5,6). The van der Waals surface area contributed by atoms with Crippen LogP contribution in [-0.2, 0) is 14.3 Å². The van der Waals surface area contributed by atoms with Crippen LogP contribution in [0.2, 0.25) is 0 Å². The van der Waals surface area contributed by atoms with Crippen molar-refractivity contribution in [3.8, 4) is 5.75 Å². The molecule has 0 amide bonds. The van der Waals surface area contributed by atoms with Gasteiger partial charge < -0.3 is 24.6 Å². The van der Waals surface area contributed by atoms with Crippen LogP contribution in [0.15, 0.2) is 24.3 Å². The number of carboxylic acid groups (broad SMARTS) is 2. The van der Waals surface area contributed by atoms with Gasteiger partial charge in [0.05, 0.1) is 13.2 Å². The maximum absolute atomic E-state index is 9.10. The zero-order chi connectivity index (χ0) is 21.6. The number of aliphatic carboxylic acids is 2. The number of rotatable bonds is 9. The Kier molecular flexibility index (Phi) is 12.0. The predicted octanol–water partition coefficient (Wildman–Crippen LogP) is 3.48. The molecule has 1 aromatic rings. The molecule has 0 aliphatic carbocycles. The Morgan fingerprint density at radius 1 is 1.10 bits per heavy atom. The molecule has 1 aliphatic rings. The lowest BCUT2D eigenvalue weighted by atomic mass is 9.98. The van der Waals surface area contributed by atoms with Crippen LogP contribution in [0.4, 0.5) is 0 Å². The maximum atomic E-state index is 9.10. The van der Waals surface area contributed by atoms with Crippen LogP contribution in [0.1, 0.15) is 51.5 Å². The molecule has 1 aliphatic heterocycles. The summed E-state index contributed by atoms with van der Waals surface area (Å²) in [5.74, 6) is -1.21. The van der Waals surface area contributed by atoms with Crippen molar-refractivity contribution in [2.24, 2.45) is 5.92 Å². The molecule has 29 heavy (non-hydrogen) atoms. The second-order valence-corrected chi connectivity index (χ2v) is 7.44. The molecule has 0 bridgehead atoms. The van der Waals surface area contributed by atoms with E-state index in [2.05, 4.69) is 43.9 Å². The summed E-state index contributed by atoms with van der Waals surface area (Å²) in [6.45, 7) is 12.4. The molecule has 0 radical (unpaired) electrons. The lowest BCUT2D eigenvalue weighted by Crippen LogP contribution is -2.35. The summed E-state index contributed by atoms with van der Waals surface area (Å²) in [6.07, 6.45) is 3.79. The fourth-order valence-corrected chi connectivity index (χ4v) is 3.03. The quantitative estimate of drug-likeness (QED) is 0.476. The summed E-state index contributed by atoms with van der Waals surface area (Å²) >= 11 is 0. The van der Waals surface area contributed by atoms with E-state index in [1.807, 2.05) is 6.07 Å². The Bertz CT molecular complexity index is 601. The van der Waals surface area contributed by atoms with Gasteiger partial charge in [-0.25, -0.2) is 9.59 Å². The lowest BCUT2D eigenvalue weighted by Gasteiger charge is -2.29. The van der Waals surface area contributed by atoms with Crippen molar-refractivity contribution in [2.75, 3.05) is 39.5 Å². The van der Waals surface area contributed by atoms with Crippen molar-refractivity contribution in [3.05, 3.63) is 29.8 Å². The van der Waals surface area contributed by atoms with Crippen LogP contribution in [0, 0.1) is 5.92 Å². The van der Waals surface area contributed by atoms with Crippen molar-refractivity contribution >= 4 is 11.9 Å². The fraction of sp³-hybridized carbons (Fsp3) is 0.636. The Morgan fingerprint density at radius 3 is 2.31 bits per heavy atom. The van der Waals surface area contributed by atoms with Gasteiger partial charge >= 0.3 is 11.9 Å². The average Bonchev–Trinajstić information content (AvgIpc) is 2.72. The van der Waals surface area contributed by atoms with Crippen molar-refractivity contribution in [1.82, 2.24) is 4.90 Å². The molecule has 7 nitrogen and oxygen atoms in total. The van der Waals surface area contributed by atoms with E-state index in [4.69, 9.17) is 29.3 Å². The highest BCUT2D eigenvalue weighted by Gasteiger charge is 2.15. The fourth-order valence-electron chi connectivity index (χ4n) is 3.03. The zero-order valence-electron chi connectivity index (χ0n) is 17.8. The molecule has 164 valence electrons. The van der Waals surface area contributed by atoms with E-state index in [1.54, 1.807) is 0 Å². The number of para-hydroxylation sites is 1. The molecule has 2 N–H and O–H groups in total. The Morgan fingerprint density at radius 2 is 1.72 bits per heavy atom. The van der Waals surface area contributed by atoms with Gasteiger partial charge in [0, 0.05) is 6.54 Å². The van der Waals surface area contributed by atoms with Crippen molar-refractivity contribution in [1.29, 1.82) is 0 Å². The third-order valence-corrected chi connectivity index (χ3v) is 5.16. The second-order valence-electron chi connectivity index (χ2n) is 7.44. The SMILES string of the molecule is CCC(C)c1ccccc1OCCOCCN1CCC(C)CC1.O=C(O)C(=O)O. The van der Waals surface area contributed by atoms with Gasteiger partial charge in [0.25, 0.3) is 0 Å². The number of benzene rings is 1. The van der Waals surface area contributed by atoms with Crippen molar-refractivity contribution in [3.63, 3.8) is 0 Å². The Balaban J connectivity index is 0.000000612. The number of nitrogens with zero attached hydrogens (tertiary/aromatic N) is 1. The van der Waals surface area contributed by atoms with Crippen LogP contribution in [-0.4, -0.2) is 66.5 Å². The number of ether oxygens (including phenoxy) is 2. The van der Waals surface area contributed by atoms with Gasteiger partial charge in [-0.2, -0.15) is 0 Å². The second kappa shape index (κ2) is 14.0. The first-order valence-corrected chi connectivity index (χ1v) is 10.3. The van der Waals surface area contributed by atoms with E-state index in [-0.39, 0.29) is 0 Å². The zero-order valence-corrected chi connectivity index (χ0v) is 17.8. The van der Waals surface area contributed by atoms with E-state index in [0.29, 0.717) is 19.1 Å². The highest BCUT2D eigenvalue weighted by molar-refractivity contribution is 6.27. The summed E-state index contributed by atoms with van der Waals surface area (Å²) in [5.41, 5.74) is 1.30. The lowest BCUT2D eigenvalue weighted by molar-refractivity contribution is -0.159. The van der Waals surface area contributed by atoms with Gasteiger partial charge in [0.15, 0.2) is 0 Å². The van der Waals surface area contributed by atoms with Crippen molar-refractivity contribution < 1.29 is 29.3 Å². The summed E-state index contributed by atoms with van der Waals surface area (Å²) in [5, 5.41) is 14.8. The van der Waals surface area contributed by atoms with Gasteiger partial charge in [0.2, 0.25) is 0 Å². The normalized spacial score (nSPS) is 15.8. The molecule has 1 fully saturated rings. The van der Waals surface area contributed by atoms with Crippen LogP contribution in [0.5, 0.6) is 5.75 Å². The average molecular weight is 410 g/mol. The number of piperidine rings is 1. The largest absolute Gasteiger partial charge is 0.491 e. The molecular formula is C22H35NO6. The first kappa shape index (κ1) is 24.9. The van der Waals surface area contributed by atoms with Crippen LogP contribution >= 0.6 is 0 Å². The Labute approximate surface area is 173 Å². The van der Waals surface area contributed by atoms with Crippen LogP contribution in [0.3, 0.4) is 0 Å². The smallest absolute Gasteiger partial charge is 0.414 e. The molecule has 1 atom stereocenters. The molecule has 0 spiro atoms. The summed E-state index contributed by atoms with van der Waals surface area (Å²) in [7, 11) is 0. The highest BCUT2D eigenvalue weighted by Crippen LogP contribution is 2.28. The first-order valence-electron chi connectivity index (χ1n) is 10.3. The minimum atomic E-state index is -1.82. The molecule has 1 heterocycles. The number of carbonyl (C=O) groups is 2. The Hall–Kier alpha value is -2.12. The van der Waals surface area contributed by atoms with Gasteiger partial charge in [-0.05, 0) is 55.8 Å². The molecule has 1 saturated heterocycles. The van der Waals surface area contributed by atoms with Gasteiger partial charge in [0.1, 0.15) is 12.4 Å². The minimum absolute atomic E-state index is 0.536. The monoisotopic (exact) mass is 409 g/mol. The van der Waals surface area contributed by atoms with E-state index >= 15 is 0 Å². The molecule has 1 aromatic carbocycles. The molecule has 1 unspecified atom stereocenters. The number of hydrogen-bond donors (Lipinski definition) is 2. The van der Waals surface area contributed by atoms with E-state index in [9.17, 15) is 0 Å². The van der Waals surface area contributed by atoms with Crippen molar-refractivity contribution in [2.45, 2.75) is 46.0 Å². The molecule has 2 rings (SSSR count). The van der Waals surface area contributed by atoms with Gasteiger partial charge in [-0.3, -0.25) is 0 Å². The van der Waals surface area contributed by atoms with E-state index < -0.39 is 11.9 Å². The summed E-state index contributed by atoms with van der Waals surface area (Å²) in [4.78, 5) is 20.7. The number of likely N-dealkylation sites (tertiary alicyclic amines) is 1. The van der Waals surface area contributed by atoms with Crippen LogP contribution in [0.25, 0.3) is 0 Å². The van der Waals surface area contributed by atoms with Gasteiger partial charge in [-0.1, -0.05) is 39.0 Å². The molecule has 7 heteroatoms. The van der Waals surface area contributed by atoms with E-state index in [1.165, 1.54) is 31.5 Å². The number of hydrogen-bond acceptors (Lipinski definition) is 5. The highest BCUT2D eigenvalue weighted by atomic mass is 16.5. The molecule has 0 saturated carbocycles. The first-order chi connectivity index (χ1) is 13.8. The molecule has 0 aromatic heterocycles. The maximum Gasteiger partial charge on any atom is 0.414 e. The van der Waals surface area contributed by atoms with E-state index in [0.717, 1.165) is 31.2 Å². The third-order valence-electron chi connectivity index (χ3n) is 5.16. The topological polar surface area (TPSA) is 96.3 Å². The van der Waals surface area contributed by atoms with Gasteiger partial charge in [-0.15, -0.1) is 0 Å². The number of carboxylic acids is 2. The summed E-state index contributed by atoms with van der Waals surface area (Å²) < 4.78 is 11.7.